The van der Waals surface area contributed by atoms with Crippen molar-refractivity contribution in [1.82, 2.24) is 0 Å². The van der Waals surface area contributed by atoms with Gasteiger partial charge < -0.3 is 9.47 Å². The zero-order chi connectivity index (χ0) is 29.0. The Bertz CT molecular complexity index is 1130. The van der Waals surface area contributed by atoms with Gasteiger partial charge in [-0.2, -0.15) is 5.26 Å². The van der Waals surface area contributed by atoms with Crippen molar-refractivity contribution >= 4 is 11.9 Å². The maximum absolute atomic E-state index is 13.1. The Balaban J connectivity index is 1.79. The number of nitriles is 1. The first-order valence-electron chi connectivity index (χ1n) is 15.2. The molecule has 0 unspecified atom stereocenters. The molecule has 5 heteroatoms. The van der Waals surface area contributed by atoms with Gasteiger partial charge in [-0.1, -0.05) is 53.2 Å². The highest BCUT2D eigenvalue weighted by Crippen LogP contribution is 2.71. The van der Waals surface area contributed by atoms with E-state index in [2.05, 4.69) is 60.6 Å². The van der Waals surface area contributed by atoms with Crippen molar-refractivity contribution in [1.29, 1.82) is 5.26 Å². The minimum atomic E-state index is -0.489. The first-order valence-corrected chi connectivity index (χ1v) is 15.2. The van der Waals surface area contributed by atoms with Gasteiger partial charge in [-0.05, 0) is 105 Å². The first-order chi connectivity index (χ1) is 18.1. The Kier molecular flexibility index (Phi) is 7.72. The van der Waals surface area contributed by atoms with Crippen LogP contribution in [0.1, 0.15) is 120 Å². The van der Waals surface area contributed by atoms with Crippen LogP contribution < -0.4 is 0 Å². The van der Waals surface area contributed by atoms with Crippen LogP contribution in [-0.2, 0) is 19.1 Å². The standard InChI is InChI=1S/C34H51NO4/c1-22-26-13-15-34(8)27(32(26,6)20-24(21-35)28(22)39-23(2)36)11-10-25-12-14-30(3,4)16-17-31(5,29(37)38-9)18-19-33(25,34)7/h10,22,26-27H,11-20H2,1-9H3/t22-,26-,27+,31-,32-,33+,34+/m0/s1. The number of carbonyl (C=O) groups is 2. The fraction of sp³-hybridized carbons (Fsp3) is 0.794. The van der Waals surface area contributed by atoms with Gasteiger partial charge in [-0.15, -0.1) is 0 Å². The fourth-order valence-corrected chi connectivity index (χ4v) is 9.53. The molecule has 39 heavy (non-hydrogen) atoms. The van der Waals surface area contributed by atoms with E-state index in [1.54, 1.807) is 5.57 Å². The Morgan fingerprint density at radius 3 is 2.28 bits per heavy atom. The van der Waals surface area contributed by atoms with Crippen LogP contribution in [0.2, 0.25) is 0 Å². The summed E-state index contributed by atoms with van der Waals surface area (Å²) in [5.74, 6) is 0.984. The summed E-state index contributed by atoms with van der Waals surface area (Å²) in [5.41, 5.74) is 1.83. The molecule has 5 nitrogen and oxygen atoms in total. The van der Waals surface area contributed by atoms with Crippen LogP contribution in [0.25, 0.3) is 0 Å². The number of hydrogen-bond acceptors (Lipinski definition) is 5. The lowest BCUT2D eigenvalue weighted by atomic mass is 9.38. The molecule has 0 heterocycles. The summed E-state index contributed by atoms with van der Waals surface area (Å²) >= 11 is 0. The molecule has 4 rings (SSSR count). The largest absolute Gasteiger partial charge is 0.469 e. The third kappa shape index (κ3) is 4.78. The molecule has 0 N–H and O–H groups in total. The molecule has 0 aromatic rings. The molecule has 0 bridgehead atoms. The summed E-state index contributed by atoms with van der Waals surface area (Å²) in [5, 5.41) is 10.1. The molecule has 216 valence electrons. The van der Waals surface area contributed by atoms with Gasteiger partial charge in [0.05, 0.1) is 24.2 Å². The van der Waals surface area contributed by atoms with Crippen LogP contribution in [0.3, 0.4) is 0 Å². The molecule has 0 radical (unpaired) electrons. The lowest BCUT2D eigenvalue weighted by Crippen LogP contribution is -2.59. The summed E-state index contributed by atoms with van der Waals surface area (Å²) in [4.78, 5) is 25.0. The SMILES string of the molecule is COC(=O)[C@@]1(C)CCC(C)(C)CCC2=CC[C@@H]3[C@@]4(C)CC(C#N)=C(OC(C)=O)[C@@H](C)[C@@H]4CC[C@@]3(C)[C@]2(C)CC1. The molecule has 2 saturated carbocycles. The summed E-state index contributed by atoms with van der Waals surface area (Å²) in [6.07, 6.45) is 12.3. The maximum atomic E-state index is 13.1. The predicted molar refractivity (Wildman–Crippen MR) is 153 cm³/mol. The van der Waals surface area contributed by atoms with E-state index in [0.29, 0.717) is 29.6 Å². The Hall–Kier alpha value is -2.09. The molecule has 4 aliphatic carbocycles. The highest BCUT2D eigenvalue weighted by molar-refractivity contribution is 5.76. The van der Waals surface area contributed by atoms with Gasteiger partial charge in [0.15, 0.2) is 0 Å². The summed E-state index contributed by atoms with van der Waals surface area (Å²) in [6, 6.07) is 2.43. The third-order valence-electron chi connectivity index (χ3n) is 12.5. The van der Waals surface area contributed by atoms with Crippen LogP contribution in [0.5, 0.6) is 0 Å². The van der Waals surface area contributed by atoms with E-state index in [1.165, 1.54) is 14.0 Å². The Morgan fingerprint density at radius 2 is 1.67 bits per heavy atom. The van der Waals surface area contributed by atoms with E-state index in [4.69, 9.17) is 9.47 Å². The van der Waals surface area contributed by atoms with Crippen LogP contribution in [0, 0.1) is 56.2 Å². The number of hydrogen-bond donors (Lipinski definition) is 0. The lowest BCUT2D eigenvalue weighted by Gasteiger charge is -2.66. The van der Waals surface area contributed by atoms with Gasteiger partial charge in [-0.3, -0.25) is 9.59 Å². The monoisotopic (exact) mass is 537 g/mol. The van der Waals surface area contributed by atoms with Crippen molar-refractivity contribution in [2.24, 2.45) is 44.8 Å². The van der Waals surface area contributed by atoms with E-state index in [9.17, 15) is 14.9 Å². The van der Waals surface area contributed by atoms with E-state index in [0.717, 1.165) is 57.8 Å². The van der Waals surface area contributed by atoms with Crippen LogP contribution >= 0.6 is 0 Å². The highest BCUT2D eigenvalue weighted by atomic mass is 16.5. The molecular weight excluding hydrogens is 486 g/mol. The second-order valence-electron chi connectivity index (χ2n) is 15.1. The molecule has 0 aliphatic heterocycles. The number of methoxy groups -OCH3 is 1. The molecule has 0 aromatic heterocycles. The van der Waals surface area contributed by atoms with Crippen molar-refractivity contribution in [2.45, 2.75) is 120 Å². The Labute approximate surface area is 236 Å². The van der Waals surface area contributed by atoms with Gasteiger partial charge >= 0.3 is 11.9 Å². The smallest absolute Gasteiger partial charge is 0.311 e. The van der Waals surface area contributed by atoms with Gasteiger partial charge in [0, 0.05) is 12.8 Å². The fourth-order valence-electron chi connectivity index (χ4n) is 9.53. The molecule has 0 aromatic carbocycles. The van der Waals surface area contributed by atoms with Gasteiger partial charge in [-0.25, -0.2) is 0 Å². The maximum Gasteiger partial charge on any atom is 0.311 e. The first kappa shape index (κ1) is 29.9. The van der Waals surface area contributed by atoms with Crippen molar-refractivity contribution in [2.75, 3.05) is 7.11 Å². The summed E-state index contributed by atoms with van der Waals surface area (Å²) in [6.45, 7) is 17.8. The van der Waals surface area contributed by atoms with Crippen molar-refractivity contribution in [3.05, 3.63) is 23.0 Å². The summed E-state index contributed by atoms with van der Waals surface area (Å²) < 4.78 is 11.0. The lowest BCUT2D eigenvalue weighted by molar-refractivity contribution is -0.157. The third-order valence-corrected chi connectivity index (χ3v) is 12.5. The van der Waals surface area contributed by atoms with E-state index in [1.807, 2.05) is 0 Å². The number of ether oxygens (including phenoxy) is 2. The molecule has 0 saturated heterocycles. The van der Waals surface area contributed by atoms with Gasteiger partial charge in [0.25, 0.3) is 0 Å². The topological polar surface area (TPSA) is 76.4 Å². The minimum absolute atomic E-state index is 0.0392. The summed E-state index contributed by atoms with van der Waals surface area (Å²) in [7, 11) is 1.53. The number of allylic oxidation sites excluding steroid dienone is 4. The molecule has 0 amide bonds. The molecule has 2 fully saturated rings. The number of fused-ring (bicyclic) bond motifs is 5. The number of rotatable bonds is 2. The molecule has 0 spiro atoms. The average molecular weight is 538 g/mol. The van der Waals surface area contributed by atoms with Gasteiger partial charge in [0.2, 0.25) is 0 Å². The van der Waals surface area contributed by atoms with E-state index < -0.39 is 5.41 Å². The van der Waals surface area contributed by atoms with Crippen LogP contribution in [-0.4, -0.2) is 19.0 Å². The van der Waals surface area contributed by atoms with Crippen LogP contribution in [0.15, 0.2) is 23.0 Å². The van der Waals surface area contributed by atoms with Crippen molar-refractivity contribution in [3.63, 3.8) is 0 Å². The van der Waals surface area contributed by atoms with Gasteiger partial charge in [0.1, 0.15) is 5.76 Å². The van der Waals surface area contributed by atoms with Crippen molar-refractivity contribution < 1.29 is 19.1 Å². The zero-order valence-corrected chi connectivity index (χ0v) is 26.0. The minimum Gasteiger partial charge on any atom is -0.469 e. The normalized spacial score (nSPS) is 42.1. The highest BCUT2D eigenvalue weighted by Gasteiger charge is 2.64. The zero-order valence-electron chi connectivity index (χ0n) is 26.0. The molecular formula is C34H51NO4. The molecule has 4 aliphatic rings. The number of nitrogens with zero attached hydrogens (tertiary/aromatic N) is 1. The van der Waals surface area contributed by atoms with E-state index >= 15 is 0 Å². The predicted octanol–water partition coefficient (Wildman–Crippen LogP) is 8.30. The Morgan fingerprint density at radius 1 is 1.00 bits per heavy atom. The average Bonchev–Trinajstić information content (AvgIpc) is 2.87. The second-order valence-corrected chi connectivity index (χ2v) is 15.1. The second kappa shape index (κ2) is 10.1. The quantitative estimate of drug-likeness (QED) is 0.261. The number of carbonyl (C=O) groups excluding carboxylic acids is 2. The van der Waals surface area contributed by atoms with Crippen molar-refractivity contribution in [3.8, 4) is 6.07 Å². The van der Waals surface area contributed by atoms with Crippen LogP contribution in [0.4, 0.5) is 0 Å². The molecule has 7 atom stereocenters. The van der Waals surface area contributed by atoms with E-state index in [-0.39, 0.29) is 39.5 Å². The number of esters is 2.